The molecule has 0 aromatic heterocycles. The minimum absolute atomic E-state index is 0.0671. The van der Waals surface area contributed by atoms with E-state index in [0.29, 0.717) is 0 Å². The van der Waals surface area contributed by atoms with Crippen LogP contribution >= 0.6 is 0 Å². The number of hydrogen-bond donors (Lipinski definition) is 0. The molecule has 0 unspecified atom stereocenters. The standard InChI is InChI=1S/C17H24N2/c1-13-6-7-16(15(3)14(13)2)10-19(4)12-17(11-18)8-5-9-17/h6-7H,5,8-10,12H2,1-4H3. The lowest BCUT2D eigenvalue weighted by Gasteiger charge is -2.38. The van der Waals surface area contributed by atoms with Crippen LogP contribution in [0.4, 0.5) is 0 Å². The van der Waals surface area contributed by atoms with Crippen molar-refractivity contribution in [2.45, 2.75) is 46.6 Å². The largest absolute Gasteiger partial charge is 0.301 e. The molecule has 1 fully saturated rings. The molecule has 0 N–H and O–H groups in total. The van der Waals surface area contributed by atoms with E-state index in [1.165, 1.54) is 28.7 Å². The van der Waals surface area contributed by atoms with Crippen LogP contribution < -0.4 is 0 Å². The first-order valence-electron chi connectivity index (χ1n) is 7.13. The van der Waals surface area contributed by atoms with Crippen molar-refractivity contribution in [2.24, 2.45) is 5.41 Å². The van der Waals surface area contributed by atoms with Crippen LogP contribution in [0.2, 0.25) is 0 Å². The Morgan fingerprint density at radius 3 is 2.42 bits per heavy atom. The smallest absolute Gasteiger partial charge is 0.0703 e. The normalized spacial score (nSPS) is 17.1. The molecule has 1 aliphatic rings. The van der Waals surface area contributed by atoms with E-state index >= 15 is 0 Å². The van der Waals surface area contributed by atoms with Gasteiger partial charge in [-0.05, 0) is 62.9 Å². The highest BCUT2D eigenvalue weighted by Gasteiger charge is 2.38. The third-order valence-corrected chi connectivity index (χ3v) is 4.73. The van der Waals surface area contributed by atoms with Gasteiger partial charge in [0.1, 0.15) is 0 Å². The van der Waals surface area contributed by atoms with E-state index in [1.54, 1.807) is 0 Å². The van der Waals surface area contributed by atoms with Gasteiger partial charge in [-0.2, -0.15) is 5.26 Å². The Labute approximate surface area is 117 Å². The van der Waals surface area contributed by atoms with Gasteiger partial charge in [0.05, 0.1) is 11.5 Å². The molecule has 0 spiro atoms. The third-order valence-electron chi connectivity index (χ3n) is 4.73. The molecule has 1 aromatic carbocycles. The lowest BCUT2D eigenvalue weighted by molar-refractivity contribution is 0.134. The molecule has 1 aromatic rings. The monoisotopic (exact) mass is 256 g/mol. The summed E-state index contributed by atoms with van der Waals surface area (Å²) in [5, 5.41) is 9.31. The topological polar surface area (TPSA) is 27.0 Å². The summed E-state index contributed by atoms with van der Waals surface area (Å²) in [6.07, 6.45) is 3.35. The summed E-state index contributed by atoms with van der Waals surface area (Å²) in [5.74, 6) is 0. The Balaban J connectivity index is 2.05. The molecule has 0 atom stereocenters. The van der Waals surface area contributed by atoms with E-state index in [1.807, 2.05) is 0 Å². The van der Waals surface area contributed by atoms with Gasteiger partial charge >= 0.3 is 0 Å². The molecule has 2 nitrogen and oxygen atoms in total. The van der Waals surface area contributed by atoms with Gasteiger partial charge in [-0.15, -0.1) is 0 Å². The van der Waals surface area contributed by atoms with Gasteiger partial charge in [-0.3, -0.25) is 0 Å². The highest BCUT2D eigenvalue weighted by Crippen LogP contribution is 2.40. The number of rotatable bonds is 4. The van der Waals surface area contributed by atoms with Crippen LogP contribution in [0, 0.1) is 37.5 Å². The van der Waals surface area contributed by atoms with Crippen molar-refractivity contribution in [1.82, 2.24) is 4.90 Å². The molecule has 19 heavy (non-hydrogen) atoms. The lowest BCUT2D eigenvalue weighted by Crippen LogP contribution is -2.39. The second-order valence-corrected chi connectivity index (χ2v) is 6.21. The predicted molar refractivity (Wildman–Crippen MR) is 78.9 cm³/mol. The Bertz CT molecular complexity index is 507. The maximum absolute atomic E-state index is 9.31. The minimum Gasteiger partial charge on any atom is -0.301 e. The molecule has 102 valence electrons. The summed E-state index contributed by atoms with van der Waals surface area (Å²) in [5.41, 5.74) is 5.47. The molecule has 0 aliphatic heterocycles. The van der Waals surface area contributed by atoms with E-state index in [9.17, 15) is 5.26 Å². The van der Waals surface area contributed by atoms with Crippen LogP contribution in [0.15, 0.2) is 12.1 Å². The summed E-state index contributed by atoms with van der Waals surface area (Å²) < 4.78 is 0. The quantitative estimate of drug-likeness (QED) is 0.820. The zero-order valence-corrected chi connectivity index (χ0v) is 12.6. The van der Waals surface area contributed by atoms with E-state index in [0.717, 1.165) is 25.9 Å². The minimum atomic E-state index is -0.0671. The zero-order chi connectivity index (χ0) is 14.0. The highest BCUT2D eigenvalue weighted by molar-refractivity contribution is 5.38. The molecular formula is C17H24N2. The molecule has 0 saturated heterocycles. The summed E-state index contributed by atoms with van der Waals surface area (Å²) in [4.78, 5) is 2.31. The number of aryl methyl sites for hydroxylation is 1. The number of benzene rings is 1. The molecule has 2 heteroatoms. The summed E-state index contributed by atoms with van der Waals surface area (Å²) >= 11 is 0. The Hall–Kier alpha value is -1.33. The van der Waals surface area contributed by atoms with Gasteiger partial charge in [-0.1, -0.05) is 18.6 Å². The Morgan fingerprint density at radius 2 is 1.89 bits per heavy atom. The van der Waals surface area contributed by atoms with Crippen molar-refractivity contribution < 1.29 is 0 Å². The van der Waals surface area contributed by atoms with Crippen LogP contribution in [-0.4, -0.2) is 18.5 Å². The number of nitriles is 1. The van der Waals surface area contributed by atoms with Gasteiger partial charge in [0.25, 0.3) is 0 Å². The fraction of sp³-hybridized carbons (Fsp3) is 0.588. The average molecular weight is 256 g/mol. The number of hydrogen-bond acceptors (Lipinski definition) is 2. The van der Waals surface area contributed by atoms with E-state index in [2.05, 4.69) is 50.9 Å². The van der Waals surface area contributed by atoms with Crippen LogP contribution in [0.1, 0.15) is 41.5 Å². The van der Waals surface area contributed by atoms with Crippen molar-refractivity contribution in [3.63, 3.8) is 0 Å². The molecule has 0 bridgehead atoms. The molecular weight excluding hydrogens is 232 g/mol. The van der Waals surface area contributed by atoms with Crippen molar-refractivity contribution in [2.75, 3.05) is 13.6 Å². The van der Waals surface area contributed by atoms with E-state index in [4.69, 9.17) is 0 Å². The number of nitrogens with zero attached hydrogens (tertiary/aromatic N) is 2. The SMILES string of the molecule is Cc1ccc(CN(C)CC2(C#N)CCC2)c(C)c1C. The Morgan fingerprint density at radius 1 is 1.21 bits per heavy atom. The van der Waals surface area contributed by atoms with Crippen LogP contribution in [-0.2, 0) is 6.54 Å². The highest BCUT2D eigenvalue weighted by atomic mass is 15.1. The fourth-order valence-corrected chi connectivity index (χ4v) is 2.96. The van der Waals surface area contributed by atoms with Crippen LogP contribution in [0.5, 0.6) is 0 Å². The fourth-order valence-electron chi connectivity index (χ4n) is 2.96. The molecule has 2 rings (SSSR count). The second-order valence-electron chi connectivity index (χ2n) is 6.21. The summed E-state index contributed by atoms with van der Waals surface area (Å²) in [6.45, 7) is 8.40. The van der Waals surface area contributed by atoms with Crippen molar-refractivity contribution in [3.8, 4) is 6.07 Å². The predicted octanol–water partition coefficient (Wildman–Crippen LogP) is 3.74. The first-order chi connectivity index (χ1) is 8.97. The maximum Gasteiger partial charge on any atom is 0.0703 e. The molecule has 0 amide bonds. The van der Waals surface area contributed by atoms with Gasteiger partial charge in [0.15, 0.2) is 0 Å². The molecule has 0 radical (unpaired) electrons. The van der Waals surface area contributed by atoms with Gasteiger partial charge in [0, 0.05) is 13.1 Å². The van der Waals surface area contributed by atoms with Crippen LogP contribution in [0.25, 0.3) is 0 Å². The molecule has 1 aliphatic carbocycles. The maximum atomic E-state index is 9.31. The van der Waals surface area contributed by atoms with Crippen LogP contribution in [0.3, 0.4) is 0 Å². The van der Waals surface area contributed by atoms with E-state index in [-0.39, 0.29) is 5.41 Å². The van der Waals surface area contributed by atoms with Crippen molar-refractivity contribution >= 4 is 0 Å². The summed E-state index contributed by atoms with van der Waals surface area (Å²) in [7, 11) is 2.13. The van der Waals surface area contributed by atoms with Gasteiger partial charge in [0.2, 0.25) is 0 Å². The van der Waals surface area contributed by atoms with Gasteiger partial charge in [-0.25, -0.2) is 0 Å². The average Bonchev–Trinajstić information content (AvgIpc) is 2.35. The Kier molecular flexibility index (Phi) is 3.96. The lowest BCUT2D eigenvalue weighted by atomic mass is 9.69. The zero-order valence-electron chi connectivity index (χ0n) is 12.6. The van der Waals surface area contributed by atoms with Crippen molar-refractivity contribution in [3.05, 3.63) is 34.4 Å². The first kappa shape index (κ1) is 14.1. The summed E-state index contributed by atoms with van der Waals surface area (Å²) in [6, 6.07) is 6.96. The second kappa shape index (κ2) is 5.35. The first-order valence-corrected chi connectivity index (χ1v) is 7.13. The third kappa shape index (κ3) is 2.82. The molecule has 0 heterocycles. The van der Waals surface area contributed by atoms with Crippen molar-refractivity contribution in [1.29, 1.82) is 5.26 Å². The van der Waals surface area contributed by atoms with E-state index < -0.39 is 0 Å². The molecule has 1 saturated carbocycles. The van der Waals surface area contributed by atoms with Gasteiger partial charge < -0.3 is 4.90 Å².